The summed E-state index contributed by atoms with van der Waals surface area (Å²) in [7, 11) is 0. The second-order valence-corrected chi connectivity index (χ2v) is 3.26. The summed E-state index contributed by atoms with van der Waals surface area (Å²) in [4.78, 5) is 11.0. The first-order valence-electron chi connectivity index (χ1n) is 3.65. The zero-order valence-corrected chi connectivity index (χ0v) is 8.96. The minimum atomic E-state index is 0.0462. The number of hydrogen-bond donors (Lipinski definition) is 1. The summed E-state index contributed by atoms with van der Waals surface area (Å²) in [6, 6.07) is 7.74. The van der Waals surface area contributed by atoms with E-state index < -0.39 is 0 Å². The Labute approximate surface area is 85.5 Å². The second kappa shape index (κ2) is 4.45. The molecule has 3 heteroatoms. The van der Waals surface area contributed by atoms with E-state index in [9.17, 15) is 4.79 Å². The van der Waals surface area contributed by atoms with Crippen molar-refractivity contribution in [3.8, 4) is 0 Å². The Kier molecular flexibility index (Phi) is 3.52. The average Bonchev–Trinajstić information content (AvgIpc) is 2.09. The molecule has 0 saturated carbocycles. The lowest BCUT2D eigenvalue weighted by Gasteiger charge is -2.05. The van der Waals surface area contributed by atoms with Gasteiger partial charge in [-0.15, -0.1) is 0 Å². The fraction of sp³-hybridized carbons (Fsp3) is 0.222. The van der Waals surface area contributed by atoms with Crippen molar-refractivity contribution in [3.63, 3.8) is 0 Å². The molecule has 0 aliphatic rings. The van der Waals surface area contributed by atoms with E-state index in [4.69, 9.17) is 0 Å². The molecule has 0 fully saturated rings. The van der Waals surface area contributed by atoms with Gasteiger partial charge in [-0.1, -0.05) is 40.8 Å². The number of para-hydroxylation sites is 1. The molecule has 0 bridgehead atoms. The molecule has 1 rings (SSSR count). The van der Waals surface area contributed by atoms with Gasteiger partial charge in [0.2, 0.25) is 5.91 Å². The summed E-state index contributed by atoms with van der Waals surface area (Å²) < 4.78 is 0.492. The lowest BCUT2D eigenvalue weighted by Crippen LogP contribution is -2.12. The summed E-state index contributed by atoms with van der Waals surface area (Å²) in [5.41, 5.74) is 2.00. The van der Waals surface area contributed by atoms with Crippen LogP contribution in [0.5, 0.6) is 0 Å². The molecule has 0 heterocycles. The predicted molar refractivity (Wildman–Crippen MR) is 58.7 cm³/mol. The second-order valence-electron chi connectivity index (χ2n) is 2.50. The number of anilines is 1. The Morgan fingerprint density at radius 1 is 1.50 bits per heavy atom. The van der Waals surface area contributed by atoms with Crippen molar-refractivity contribution in [2.24, 2.45) is 0 Å². The Morgan fingerprint density at radius 3 is 2.75 bits per heavy atom. The van der Waals surface area contributed by atoms with Crippen LogP contribution >= 0.6 is 22.6 Å². The topological polar surface area (TPSA) is 29.1 Å². The van der Waals surface area contributed by atoms with Crippen molar-refractivity contribution in [3.05, 3.63) is 29.8 Å². The van der Waals surface area contributed by atoms with Gasteiger partial charge < -0.3 is 5.32 Å². The van der Waals surface area contributed by atoms with Gasteiger partial charge >= 0.3 is 0 Å². The van der Waals surface area contributed by atoms with Crippen LogP contribution in [0.4, 0.5) is 5.69 Å². The number of carbonyl (C=O) groups excluding carboxylic acids is 1. The maximum Gasteiger partial charge on any atom is 0.234 e. The monoisotopic (exact) mass is 275 g/mol. The zero-order chi connectivity index (χ0) is 8.97. The van der Waals surface area contributed by atoms with E-state index in [0.717, 1.165) is 11.3 Å². The Hall–Kier alpha value is -0.580. The Morgan fingerprint density at radius 2 is 2.17 bits per heavy atom. The third-order valence-electron chi connectivity index (χ3n) is 1.54. The SMILES string of the molecule is Cc1ccccc1NC(=O)CI. The van der Waals surface area contributed by atoms with Crippen LogP contribution in [0.25, 0.3) is 0 Å². The highest BCUT2D eigenvalue weighted by atomic mass is 127. The molecule has 12 heavy (non-hydrogen) atoms. The smallest absolute Gasteiger partial charge is 0.234 e. The van der Waals surface area contributed by atoms with Gasteiger partial charge in [-0.05, 0) is 18.6 Å². The summed E-state index contributed by atoms with van der Waals surface area (Å²) in [5, 5.41) is 2.81. The number of nitrogens with one attached hydrogen (secondary N) is 1. The molecule has 1 amide bonds. The predicted octanol–water partition coefficient (Wildman–Crippen LogP) is 2.37. The molecule has 1 N–H and O–H groups in total. The molecule has 1 aromatic carbocycles. The molecular formula is C9H10INO. The van der Waals surface area contributed by atoms with Crippen molar-refractivity contribution in [1.29, 1.82) is 0 Å². The Bertz CT molecular complexity index is 286. The van der Waals surface area contributed by atoms with E-state index in [0.29, 0.717) is 4.43 Å². The van der Waals surface area contributed by atoms with Crippen molar-refractivity contribution in [1.82, 2.24) is 0 Å². The first kappa shape index (κ1) is 9.51. The van der Waals surface area contributed by atoms with Crippen molar-refractivity contribution < 1.29 is 4.79 Å². The molecule has 0 aliphatic carbocycles. The summed E-state index contributed by atoms with van der Waals surface area (Å²) in [6.07, 6.45) is 0. The molecule has 0 aliphatic heterocycles. The van der Waals surface area contributed by atoms with Crippen molar-refractivity contribution in [2.75, 3.05) is 9.74 Å². The van der Waals surface area contributed by atoms with Gasteiger partial charge in [-0.25, -0.2) is 0 Å². The first-order valence-corrected chi connectivity index (χ1v) is 5.18. The molecule has 2 nitrogen and oxygen atoms in total. The highest BCUT2D eigenvalue weighted by molar-refractivity contribution is 14.1. The third-order valence-corrected chi connectivity index (χ3v) is 2.23. The fourth-order valence-electron chi connectivity index (χ4n) is 0.897. The number of rotatable bonds is 2. The van der Waals surface area contributed by atoms with Crippen LogP contribution < -0.4 is 5.32 Å². The third kappa shape index (κ3) is 2.48. The fourth-order valence-corrected chi connectivity index (χ4v) is 1.09. The highest BCUT2D eigenvalue weighted by Gasteiger charge is 2.00. The van der Waals surface area contributed by atoms with E-state index in [1.165, 1.54) is 0 Å². The van der Waals surface area contributed by atoms with Gasteiger partial charge in [0, 0.05) is 5.69 Å². The summed E-state index contributed by atoms with van der Waals surface area (Å²) in [5.74, 6) is 0.0462. The van der Waals surface area contributed by atoms with E-state index in [2.05, 4.69) is 5.32 Å². The minimum Gasteiger partial charge on any atom is -0.325 e. The normalized spacial score (nSPS) is 9.50. The lowest BCUT2D eigenvalue weighted by atomic mass is 10.2. The van der Waals surface area contributed by atoms with E-state index in [1.54, 1.807) is 0 Å². The molecule has 1 aromatic rings. The lowest BCUT2D eigenvalue weighted by molar-refractivity contribution is -0.113. The Balaban J connectivity index is 2.75. The van der Waals surface area contributed by atoms with Crippen LogP contribution in [0.1, 0.15) is 5.56 Å². The van der Waals surface area contributed by atoms with Gasteiger partial charge in [0.25, 0.3) is 0 Å². The van der Waals surface area contributed by atoms with Gasteiger partial charge in [0.15, 0.2) is 0 Å². The molecular weight excluding hydrogens is 265 g/mol. The zero-order valence-electron chi connectivity index (χ0n) is 6.80. The minimum absolute atomic E-state index is 0.0462. The summed E-state index contributed by atoms with van der Waals surface area (Å²) >= 11 is 2.04. The number of benzene rings is 1. The molecule has 0 atom stereocenters. The van der Waals surface area contributed by atoms with Crippen LogP contribution in [0.2, 0.25) is 0 Å². The van der Waals surface area contributed by atoms with Gasteiger partial charge in [-0.3, -0.25) is 4.79 Å². The maximum absolute atomic E-state index is 11.0. The molecule has 64 valence electrons. The van der Waals surface area contributed by atoms with Crippen LogP contribution in [-0.2, 0) is 4.79 Å². The van der Waals surface area contributed by atoms with Crippen LogP contribution in [0, 0.1) is 6.92 Å². The standard InChI is InChI=1S/C9H10INO/c1-7-4-2-3-5-8(7)11-9(12)6-10/h2-5H,6H2,1H3,(H,11,12). The quantitative estimate of drug-likeness (QED) is 0.651. The number of aryl methyl sites for hydroxylation is 1. The van der Waals surface area contributed by atoms with Crippen LogP contribution in [-0.4, -0.2) is 10.3 Å². The number of halogens is 1. The summed E-state index contributed by atoms with van der Waals surface area (Å²) in [6.45, 7) is 1.98. The largest absolute Gasteiger partial charge is 0.325 e. The molecule has 0 spiro atoms. The number of carbonyl (C=O) groups is 1. The van der Waals surface area contributed by atoms with Crippen LogP contribution in [0.3, 0.4) is 0 Å². The molecule has 0 radical (unpaired) electrons. The number of alkyl halides is 1. The number of hydrogen-bond acceptors (Lipinski definition) is 1. The van der Waals surface area contributed by atoms with Crippen molar-refractivity contribution in [2.45, 2.75) is 6.92 Å². The molecule has 0 aromatic heterocycles. The van der Waals surface area contributed by atoms with E-state index >= 15 is 0 Å². The van der Waals surface area contributed by atoms with Gasteiger partial charge in [0.1, 0.15) is 0 Å². The average molecular weight is 275 g/mol. The molecule has 0 unspecified atom stereocenters. The maximum atomic E-state index is 11.0. The van der Waals surface area contributed by atoms with Gasteiger partial charge in [-0.2, -0.15) is 0 Å². The first-order chi connectivity index (χ1) is 5.74. The van der Waals surface area contributed by atoms with Gasteiger partial charge in [0.05, 0.1) is 4.43 Å². The van der Waals surface area contributed by atoms with E-state index in [-0.39, 0.29) is 5.91 Å². The highest BCUT2D eigenvalue weighted by Crippen LogP contribution is 2.12. The molecule has 0 saturated heterocycles. The van der Waals surface area contributed by atoms with Crippen molar-refractivity contribution >= 4 is 34.2 Å². The van der Waals surface area contributed by atoms with Crippen LogP contribution in [0.15, 0.2) is 24.3 Å². The van der Waals surface area contributed by atoms with E-state index in [1.807, 2.05) is 53.8 Å². The number of amides is 1.